The molecule has 0 fully saturated rings. The van der Waals surface area contributed by atoms with E-state index < -0.39 is 12.2 Å². The summed E-state index contributed by atoms with van der Waals surface area (Å²) in [7, 11) is 1.92. The number of aliphatic hydroxyl groups excluding tert-OH is 1. The Hall–Kier alpha value is -2.22. The third kappa shape index (κ3) is 3.44. The standard InChI is InChI=1S/C18H18BrN3O3/c1-18(25,10-23)12-5-3-11(4-6-12)17(24)21-16-7-15-13(8-20-16)14(19)9-22(15)2/h3-9,23,25H,10H2,1-2H3,(H,20,21,24). The van der Waals surface area contributed by atoms with Crippen LogP contribution in [0.2, 0.25) is 0 Å². The number of aliphatic hydroxyl groups is 2. The van der Waals surface area contributed by atoms with E-state index in [1.165, 1.54) is 6.92 Å². The number of hydrogen-bond acceptors (Lipinski definition) is 4. The molecule has 0 saturated heterocycles. The van der Waals surface area contributed by atoms with E-state index in [0.29, 0.717) is 16.9 Å². The maximum absolute atomic E-state index is 12.4. The summed E-state index contributed by atoms with van der Waals surface area (Å²) in [5, 5.41) is 22.9. The minimum atomic E-state index is -1.33. The van der Waals surface area contributed by atoms with Crippen molar-refractivity contribution < 1.29 is 15.0 Å². The van der Waals surface area contributed by atoms with Gasteiger partial charge in [0.1, 0.15) is 11.4 Å². The summed E-state index contributed by atoms with van der Waals surface area (Å²) >= 11 is 3.47. The van der Waals surface area contributed by atoms with Gasteiger partial charge in [-0.05, 0) is 40.5 Å². The normalized spacial score (nSPS) is 13.6. The first kappa shape index (κ1) is 17.6. The van der Waals surface area contributed by atoms with Crippen LogP contribution in [0.5, 0.6) is 0 Å². The SMILES string of the molecule is Cn1cc(Br)c2cnc(NC(=O)c3ccc(C(C)(O)CO)cc3)cc21. The molecule has 7 heteroatoms. The molecule has 0 spiro atoms. The number of carbonyl (C=O) groups excluding carboxylic acids is 1. The second-order valence-electron chi connectivity index (χ2n) is 6.14. The van der Waals surface area contributed by atoms with E-state index in [1.54, 1.807) is 30.5 Å². The fourth-order valence-corrected chi connectivity index (χ4v) is 3.17. The minimum Gasteiger partial charge on any atom is -0.393 e. The molecule has 25 heavy (non-hydrogen) atoms. The van der Waals surface area contributed by atoms with Gasteiger partial charge in [0.25, 0.3) is 5.91 Å². The molecule has 3 rings (SSSR count). The van der Waals surface area contributed by atoms with Crippen LogP contribution in [0.25, 0.3) is 10.9 Å². The van der Waals surface area contributed by atoms with Gasteiger partial charge in [-0.25, -0.2) is 4.98 Å². The Morgan fingerprint density at radius 1 is 1.36 bits per heavy atom. The van der Waals surface area contributed by atoms with E-state index in [0.717, 1.165) is 15.4 Å². The summed E-state index contributed by atoms with van der Waals surface area (Å²) < 4.78 is 2.89. The highest BCUT2D eigenvalue weighted by Crippen LogP contribution is 2.26. The molecule has 1 atom stereocenters. The van der Waals surface area contributed by atoms with Crippen molar-refractivity contribution in [3.05, 3.63) is 58.3 Å². The summed E-state index contributed by atoms with van der Waals surface area (Å²) in [5.41, 5.74) is 0.598. The minimum absolute atomic E-state index is 0.296. The monoisotopic (exact) mass is 403 g/mol. The van der Waals surface area contributed by atoms with E-state index in [-0.39, 0.29) is 5.91 Å². The third-order valence-corrected chi connectivity index (χ3v) is 4.78. The van der Waals surface area contributed by atoms with Crippen LogP contribution in [0.15, 0.2) is 47.2 Å². The van der Waals surface area contributed by atoms with Crippen molar-refractivity contribution in [3.63, 3.8) is 0 Å². The Bertz CT molecular complexity index is 933. The molecule has 2 aromatic heterocycles. The first-order valence-corrected chi connectivity index (χ1v) is 8.47. The third-order valence-electron chi connectivity index (χ3n) is 4.14. The molecule has 1 aromatic carbocycles. The second kappa shape index (κ2) is 6.59. The van der Waals surface area contributed by atoms with Crippen LogP contribution in [0.4, 0.5) is 5.82 Å². The van der Waals surface area contributed by atoms with Gasteiger partial charge in [-0.3, -0.25) is 4.79 Å². The van der Waals surface area contributed by atoms with Crippen LogP contribution in [-0.2, 0) is 12.6 Å². The highest BCUT2D eigenvalue weighted by Gasteiger charge is 2.22. The van der Waals surface area contributed by atoms with E-state index in [9.17, 15) is 15.0 Å². The van der Waals surface area contributed by atoms with Crippen LogP contribution in [-0.4, -0.2) is 32.3 Å². The number of benzene rings is 1. The summed E-state index contributed by atoms with van der Waals surface area (Å²) in [6.45, 7) is 1.12. The van der Waals surface area contributed by atoms with Crippen molar-refractivity contribution in [2.24, 2.45) is 7.05 Å². The summed E-state index contributed by atoms with van der Waals surface area (Å²) in [6, 6.07) is 8.26. The van der Waals surface area contributed by atoms with Crippen molar-refractivity contribution in [1.82, 2.24) is 9.55 Å². The van der Waals surface area contributed by atoms with Gasteiger partial charge in [-0.2, -0.15) is 0 Å². The Balaban J connectivity index is 1.81. The molecule has 0 saturated carbocycles. The largest absolute Gasteiger partial charge is 0.393 e. The highest BCUT2D eigenvalue weighted by molar-refractivity contribution is 9.10. The number of halogens is 1. The number of carbonyl (C=O) groups is 1. The lowest BCUT2D eigenvalue weighted by molar-refractivity contribution is -0.00229. The Morgan fingerprint density at radius 3 is 2.68 bits per heavy atom. The number of pyridine rings is 1. The zero-order valence-electron chi connectivity index (χ0n) is 13.8. The van der Waals surface area contributed by atoms with Crippen molar-refractivity contribution in [2.75, 3.05) is 11.9 Å². The smallest absolute Gasteiger partial charge is 0.256 e. The lowest BCUT2D eigenvalue weighted by Gasteiger charge is -2.20. The average molecular weight is 404 g/mol. The molecule has 1 unspecified atom stereocenters. The van der Waals surface area contributed by atoms with E-state index in [2.05, 4.69) is 26.2 Å². The number of nitrogens with zero attached hydrogens (tertiary/aromatic N) is 2. The molecule has 0 radical (unpaired) electrons. The van der Waals surface area contributed by atoms with Gasteiger partial charge in [-0.1, -0.05) is 12.1 Å². The summed E-state index contributed by atoms with van der Waals surface area (Å²) in [5.74, 6) is 0.160. The Morgan fingerprint density at radius 2 is 2.04 bits per heavy atom. The van der Waals surface area contributed by atoms with Crippen LogP contribution in [0.1, 0.15) is 22.8 Å². The molecule has 0 aliphatic heterocycles. The van der Waals surface area contributed by atoms with E-state index in [1.807, 2.05) is 23.9 Å². The summed E-state index contributed by atoms with van der Waals surface area (Å²) in [4.78, 5) is 16.7. The zero-order chi connectivity index (χ0) is 18.2. The number of amides is 1. The number of aryl methyl sites for hydroxylation is 1. The van der Waals surface area contributed by atoms with Crippen LogP contribution in [0, 0.1) is 0 Å². The number of rotatable bonds is 4. The Labute approximate surface area is 153 Å². The van der Waals surface area contributed by atoms with Crippen molar-refractivity contribution in [1.29, 1.82) is 0 Å². The molecular weight excluding hydrogens is 386 g/mol. The fraction of sp³-hybridized carbons (Fsp3) is 0.222. The molecule has 3 N–H and O–H groups in total. The summed E-state index contributed by atoms with van der Waals surface area (Å²) in [6.07, 6.45) is 3.64. The lowest BCUT2D eigenvalue weighted by Crippen LogP contribution is -2.25. The van der Waals surface area contributed by atoms with E-state index >= 15 is 0 Å². The molecule has 130 valence electrons. The van der Waals surface area contributed by atoms with Gasteiger partial charge in [0, 0.05) is 40.9 Å². The topological polar surface area (TPSA) is 87.4 Å². The second-order valence-corrected chi connectivity index (χ2v) is 6.99. The number of anilines is 1. The molecule has 6 nitrogen and oxygen atoms in total. The average Bonchev–Trinajstić information content (AvgIpc) is 2.89. The van der Waals surface area contributed by atoms with Crippen molar-refractivity contribution in [2.45, 2.75) is 12.5 Å². The van der Waals surface area contributed by atoms with Gasteiger partial charge in [-0.15, -0.1) is 0 Å². The number of fused-ring (bicyclic) bond motifs is 1. The van der Waals surface area contributed by atoms with Gasteiger partial charge >= 0.3 is 0 Å². The van der Waals surface area contributed by atoms with Crippen molar-refractivity contribution >= 4 is 38.6 Å². The maximum Gasteiger partial charge on any atom is 0.256 e. The highest BCUT2D eigenvalue weighted by atomic mass is 79.9. The predicted molar refractivity (Wildman–Crippen MR) is 99.5 cm³/mol. The molecule has 1 amide bonds. The van der Waals surface area contributed by atoms with Gasteiger partial charge < -0.3 is 20.1 Å². The molecule has 0 aliphatic carbocycles. The number of aromatic nitrogens is 2. The van der Waals surface area contributed by atoms with E-state index in [4.69, 9.17) is 0 Å². The maximum atomic E-state index is 12.4. The Kier molecular flexibility index (Phi) is 4.64. The zero-order valence-corrected chi connectivity index (χ0v) is 15.4. The lowest BCUT2D eigenvalue weighted by atomic mass is 9.96. The number of hydrogen-bond donors (Lipinski definition) is 3. The van der Waals surface area contributed by atoms with Crippen LogP contribution in [0.3, 0.4) is 0 Å². The van der Waals surface area contributed by atoms with Crippen molar-refractivity contribution in [3.8, 4) is 0 Å². The van der Waals surface area contributed by atoms with Gasteiger partial charge in [0.2, 0.25) is 0 Å². The van der Waals surface area contributed by atoms with Crippen LogP contribution < -0.4 is 5.32 Å². The van der Waals surface area contributed by atoms with Crippen LogP contribution >= 0.6 is 15.9 Å². The molecule has 0 bridgehead atoms. The first-order valence-electron chi connectivity index (χ1n) is 7.67. The number of nitrogens with one attached hydrogen (secondary N) is 1. The molecular formula is C18H18BrN3O3. The fourth-order valence-electron chi connectivity index (χ4n) is 2.56. The molecule has 2 heterocycles. The van der Waals surface area contributed by atoms with Gasteiger partial charge in [0.15, 0.2) is 0 Å². The quantitative estimate of drug-likeness (QED) is 0.624. The first-order chi connectivity index (χ1) is 11.8. The molecule has 0 aliphatic rings. The predicted octanol–water partition coefficient (Wildman–Crippen LogP) is 2.79. The molecule has 3 aromatic rings. The van der Waals surface area contributed by atoms with Gasteiger partial charge in [0.05, 0.1) is 12.1 Å².